The zero-order valence-corrected chi connectivity index (χ0v) is 34.9. The number of carbonyl (C=O) groups excluding carboxylic acids is 4. The molecule has 0 bridgehead atoms. The van der Waals surface area contributed by atoms with Crippen LogP contribution in [0.4, 0.5) is 4.79 Å². The lowest BCUT2D eigenvalue weighted by atomic mass is 9.72. The average molecular weight is 912 g/mol. The Hall–Kier alpha value is -5.30. The van der Waals surface area contributed by atoms with Crippen LogP contribution < -0.4 is 14.8 Å². The van der Waals surface area contributed by atoms with Crippen LogP contribution in [0.1, 0.15) is 74.4 Å². The van der Waals surface area contributed by atoms with Crippen molar-refractivity contribution in [2.75, 3.05) is 20.3 Å². The molecule has 20 nitrogen and oxygen atoms in total. The number of ether oxygens (including phenoxy) is 6. The van der Waals surface area contributed by atoms with Gasteiger partial charge in [0.05, 0.1) is 48.7 Å². The third kappa shape index (κ3) is 7.75. The predicted octanol–water partition coefficient (Wildman–Crippen LogP) is 0.362. The van der Waals surface area contributed by atoms with Crippen molar-refractivity contribution >= 4 is 44.9 Å². The monoisotopic (exact) mass is 911 g/mol. The summed E-state index contributed by atoms with van der Waals surface area (Å²) in [7, 11) is 1.29. The van der Waals surface area contributed by atoms with Crippen LogP contribution in [-0.4, -0.2) is 151 Å². The zero-order valence-electron chi connectivity index (χ0n) is 34.1. The van der Waals surface area contributed by atoms with Gasteiger partial charge in [-0.05, 0) is 30.5 Å². The first-order valence-corrected chi connectivity index (χ1v) is 21.0. The summed E-state index contributed by atoms with van der Waals surface area (Å²) in [6.07, 6.45) is -15.2. The number of amides is 1. The van der Waals surface area contributed by atoms with E-state index in [-0.39, 0.29) is 46.8 Å². The number of aliphatic hydroxyl groups excluding tert-OH is 6. The summed E-state index contributed by atoms with van der Waals surface area (Å²) in [5, 5.41) is 101. The van der Waals surface area contributed by atoms with E-state index < -0.39 is 139 Å². The molecule has 8 rings (SSSR count). The molecule has 0 radical (unpaired) electrons. The standard InChI is InChI=1S/C43H45NO19S/c1-16-32(48)21(44-42(56)59-15-17-6-7-22(18-8-9-64-40(17)18)62-41-39(55)38(54)35(51)25(13-45)63-41)10-27(60-16)61-24-12-43(57,26(47)14-46)11-20-29(24)37(53)31-30(34(20)50)33(49)19-4-3-5-23(58-2)28(19)36(31)52/h3-9,16,21,24-25,27,32,35,38-39,41,45-46,48,50-51,53-55,57H,10-15H2,1-2H3,(H,44,56)/t16-,21-,24-,25+,27?,32+,35-,38-,39+,41+,43-/m0/s1. The van der Waals surface area contributed by atoms with Crippen molar-refractivity contribution in [2.24, 2.45) is 0 Å². The maximum atomic E-state index is 14.0. The van der Waals surface area contributed by atoms with Crippen molar-refractivity contribution in [3.63, 3.8) is 0 Å². The number of nitrogens with one attached hydrogen (secondary N) is 1. The highest BCUT2D eigenvalue weighted by Gasteiger charge is 2.51. The number of Topliss-reactive ketones (excluding diaryl/α,β-unsaturated/α-hetero) is 1. The number of hydrogen-bond acceptors (Lipinski definition) is 20. The van der Waals surface area contributed by atoms with Gasteiger partial charge < -0.3 is 79.7 Å². The first-order valence-electron chi connectivity index (χ1n) is 20.1. The van der Waals surface area contributed by atoms with Gasteiger partial charge in [0.25, 0.3) is 0 Å². The van der Waals surface area contributed by atoms with Gasteiger partial charge in [-0.15, -0.1) is 11.3 Å². The number of fused-ring (bicyclic) bond motifs is 4. The maximum Gasteiger partial charge on any atom is 0.407 e. The Labute approximate surface area is 366 Å². The van der Waals surface area contributed by atoms with Crippen molar-refractivity contribution in [3.8, 4) is 23.0 Å². The molecular formula is C43H45NO19S. The van der Waals surface area contributed by atoms with Crippen molar-refractivity contribution in [1.29, 1.82) is 0 Å². The van der Waals surface area contributed by atoms with Gasteiger partial charge in [-0.1, -0.05) is 18.2 Å². The molecule has 1 aromatic heterocycles. The predicted molar refractivity (Wildman–Crippen MR) is 217 cm³/mol. The lowest BCUT2D eigenvalue weighted by Crippen LogP contribution is -2.60. The van der Waals surface area contributed by atoms with Crippen LogP contribution in [0, 0.1) is 0 Å². The number of phenols is 2. The number of rotatable bonds is 11. The molecule has 10 N–H and O–H groups in total. The van der Waals surface area contributed by atoms with E-state index in [0.29, 0.717) is 15.6 Å². The van der Waals surface area contributed by atoms with Gasteiger partial charge >= 0.3 is 6.09 Å². The normalized spacial score (nSPS) is 30.0. The van der Waals surface area contributed by atoms with Crippen LogP contribution in [0.5, 0.6) is 23.0 Å². The van der Waals surface area contributed by atoms with Gasteiger partial charge in [-0.3, -0.25) is 14.4 Å². The molecule has 0 spiro atoms. The van der Waals surface area contributed by atoms with E-state index in [4.69, 9.17) is 28.4 Å². The Balaban J connectivity index is 1.00. The summed E-state index contributed by atoms with van der Waals surface area (Å²) in [5.41, 5.74) is -3.78. The van der Waals surface area contributed by atoms with Crippen molar-refractivity contribution < 1.29 is 93.6 Å². The van der Waals surface area contributed by atoms with Gasteiger partial charge in [0.2, 0.25) is 12.1 Å². The number of aliphatic hydroxyl groups is 7. The summed E-state index contributed by atoms with van der Waals surface area (Å²) in [5.74, 6) is -4.05. The Morgan fingerprint density at radius 2 is 1.66 bits per heavy atom. The van der Waals surface area contributed by atoms with Crippen LogP contribution in [0.2, 0.25) is 0 Å². The molecule has 2 aliphatic carbocycles. The highest BCUT2D eigenvalue weighted by atomic mass is 32.1. The SMILES string of the molecule is COc1cccc2c1C(=O)c1c(O)c3c(c(O)c1C2=O)C[C@@](O)(C(=O)CO)C[C@@H]3OC1C[C@H](NC(=O)OCc2ccc(O[C@@H]3O[C@H](CO)[C@H](O)[C@H](O)[C@H]3O)c3ccsc23)[C@H](O)[C@H](C)O1. The zero-order chi connectivity index (χ0) is 45.9. The number of benzene rings is 3. The number of thiophene rings is 1. The number of aromatic hydroxyl groups is 2. The first-order chi connectivity index (χ1) is 30.5. The molecule has 4 aromatic rings. The molecule has 2 aliphatic heterocycles. The lowest BCUT2D eigenvalue weighted by Gasteiger charge is -2.42. The minimum Gasteiger partial charge on any atom is -0.507 e. The van der Waals surface area contributed by atoms with Crippen molar-refractivity contribution in [3.05, 3.63) is 80.7 Å². The van der Waals surface area contributed by atoms with E-state index in [0.717, 1.165) is 0 Å². The van der Waals surface area contributed by atoms with Gasteiger partial charge in [0.1, 0.15) is 72.3 Å². The summed E-state index contributed by atoms with van der Waals surface area (Å²) in [4.78, 5) is 54.1. The van der Waals surface area contributed by atoms with Gasteiger partial charge in [-0.25, -0.2) is 4.79 Å². The molecule has 1 unspecified atom stereocenters. The second kappa shape index (κ2) is 17.6. The Morgan fingerprint density at radius 1 is 0.906 bits per heavy atom. The molecular weight excluding hydrogens is 867 g/mol. The van der Waals surface area contributed by atoms with E-state index in [1.165, 1.54) is 49.6 Å². The van der Waals surface area contributed by atoms with E-state index in [1.54, 1.807) is 17.5 Å². The van der Waals surface area contributed by atoms with Crippen LogP contribution in [-0.2, 0) is 36.8 Å². The molecule has 342 valence electrons. The Bertz CT molecular complexity index is 2510. The first kappa shape index (κ1) is 45.3. The number of hydrogen-bond donors (Lipinski definition) is 10. The highest BCUT2D eigenvalue weighted by Crippen LogP contribution is 2.52. The van der Waals surface area contributed by atoms with E-state index in [9.17, 15) is 65.1 Å². The molecule has 3 heterocycles. The number of phenolic OH excluding ortho intramolecular Hbond substituents is 2. The largest absolute Gasteiger partial charge is 0.507 e. The molecule has 1 amide bonds. The van der Waals surface area contributed by atoms with Crippen LogP contribution >= 0.6 is 11.3 Å². The lowest BCUT2D eigenvalue weighted by molar-refractivity contribution is -0.277. The van der Waals surface area contributed by atoms with Crippen molar-refractivity contribution in [2.45, 2.75) is 99.7 Å². The number of carbonyl (C=O) groups is 4. The second-order valence-electron chi connectivity index (χ2n) is 16.0. The van der Waals surface area contributed by atoms with E-state index >= 15 is 0 Å². The average Bonchev–Trinajstić information content (AvgIpc) is 3.78. The maximum absolute atomic E-state index is 14.0. The van der Waals surface area contributed by atoms with Crippen LogP contribution in [0.25, 0.3) is 10.1 Å². The molecule has 64 heavy (non-hydrogen) atoms. The van der Waals surface area contributed by atoms with Crippen molar-refractivity contribution in [1.82, 2.24) is 5.32 Å². The third-order valence-electron chi connectivity index (χ3n) is 12.2. The molecule has 11 atom stereocenters. The quantitative estimate of drug-likeness (QED) is 0.0800. The van der Waals surface area contributed by atoms with Gasteiger partial charge in [0, 0.05) is 51.6 Å². The molecule has 2 saturated heterocycles. The molecule has 3 aromatic carbocycles. The van der Waals surface area contributed by atoms with E-state index in [2.05, 4.69) is 5.32 Å². The number of methoxy groups -OCH3 is 1. The topological polar surface area (TPSA) is 318 Å². The molecule has 2 fully saturated rings. The summed E-state index contributed by atoms with van der Waals surface area (Å²) in [6, 6.07) is 7.99. The Kier molecular flexibility index (Phi) is 12.4. The van der Waals surface area contributed by atoms with Crippen LogP contribution in [0.15, 0.2) is 41.8 Å². The summed E-state index contributed by atoms with van der Waals surface area (Å²) in [6.45, 7) is -0.537. The minimum atomic E-state index is -2.40. The highest BCUT2D eigenvalue weighted by molar-refractivity contribution is 7.17. The second-order valence-corrected chi connectivity index (χ2v) is 16.9. The number of alkyl carbamates (subject to hydrolysis) is 1. The number of ketones is 3. The fourth-order valence-corrected chi connectivity index (χ4v) is 9.71. The summed E-state index contributed by atoms with van der Waals surface area (Å²) >= 11 is 1.28. The smallest absolute Gasteiger partial charge is 0.407 e. The minimum absolute atomic E-state index is 0.0338. The Morgan fingerprint density at radius 3 is 2.38 bits per heavy atom. The van der Waals surface area contributed by atoms with Gasteiger partial charge in [0.15, 0.2) is 17.9 Å². The van der Waals surface area contributed by atoms with E-state index in [1.807, 2.05) is 0 Å². The van der Waals surface area contributed by atoms with Crippen LogP contribution in [0.3, 0.4) is 0 Å². The third-order valence-corrected chi connectivity index (χ3v) is 13.2. The fraction of sp³-hybridized carbons (Fsp3) is 0.442. The summed E-state index contributed by atoms with van der Waals surface area (Å²) < 4.78 is 35.0. The van der Waals surface area contributed by atoms with Gasteiger partial charge in [-0.2, -0.15) is 0 Å². The fourth-order valence-electron chi connectivity index (χ4n) is 8.80. The molecule has 21 heteroatoms. The molecule has 4 aliphatic rings. The molecule has 0 saturated carbocycles.